The summed E-state index contributed by atoms with van der Waals surface area (Å²) in [4.78, 5) is 15.4. The molecule has 0 aromatic heterocycles. The molecule has 0 unspecified atom stereocenters. The molecule has 0 bridgehead atoms. The molecule has 0 atom stereocenters. The van der Waals surface area contributed by atoms with Gasteiger partial charge in [-0.25, -0.2) is 4.99 Å². The van der Waals surface area contributed by atoms with E-state index in [9.17, 15) is 4.79 Å². The van der Waals surface area contributed by atoms with Gasteiger partial charge in [-0.3, -0.25) is 4.79 Å². The first-order valence-electron chi connectivity index (χ1n) is 9.37. The van der Waals surface area contributed by atoms with Crippen molar-refractivity contribution in [2.75, 3.05) is 19.7 Å². The number of aliphatic imine (C=N–C) groups is 1. The SMILES string of the molecule is CCNC(=NCc1cccc(OCC(N)=O)c1)NCCC1=CCCCC1. The lowest BCUT2D eigenvalue weighted by Gasteiger charge is -2.15. The number of amides is 1. The van der Waals surface area contributed by atoms with Crippen LogP contribution >= 0.6 is 0 Å². The Labute approximate surface area is 155 Å². The summed E-state index contributed by atoms with van der Waals surface area (Å²) in [5, 5.41) is 6.67. The lowest BCUT2D eigenvalue weighted by molar-refractivity contribution is -0.119. The molecule has 2 rings (SSSR count). The average molecular weight is 358 g/mol. The van der Waals surface area contributed by atoms with E-state index in [4.69, 9.17) is 10.5 Å². The monoisotopic (exact) mass is 358 g/mol. The summed E-state index contributed by atoms with van der Waals surface area (Å²) >= 11 is 0. The third-order valence-electron chi connectivity index (χ3n) is 4.17. The summed E-state index contributed by atoms with van der Waals surface area (Å²) in [6.45, 7) is 4.17. The highest BCUT2D eigenvalue weighted by Crippen LogP contribution is 2.19. The Hall–Kier alpha value is -2.50. The summed E-state index contributed by atoms with van der Waals surface area (Å²) in [5.74, 6) is 0.950. The molecular formula is C20H30N4O2. The van der Waals surface area contributed by atoms with Gasteiger partial charge in [-0.1, -0.05) is 23.8 Å². The Morgan fingerprint density at radius 2 is 2.19 bits per heavy atom. The van der Waals surface area contributed by atoms with Crippen molar-refractivity contribution in [3.63, 3.8) is 0 Å². The second-order valence-corrected chi connectivity index (χ2v) is 6.38. The molecule has 0 saturated heterocycles. The van der Waals surface area contributed by atoms with E-state index >= 15 is 0 Å². The van der Waals surface area contributed by atoms with E-state index in [0.29, 0.717) is 12.3 Å². The molecule has 1 aromatic carbocycles. The summed E-state index contributed by atoms with van der Waals surface area (Å²) in [6.07, 6.45) is 8.54. The van der Waals surface area contributed by atoms with Crippen molar-refractivity contribution in [2.45, 2.75) is 45.6 Å². The van der Waals surface area contributed by atoms with E-state index in [1.165, 1.54) is 25.7 Å². The molecular weight excluding hydrogens is 328 g/mol. The first-order chi connectivity index (χ1) is 12.7. The van der Waals surface area contributed by atoms with Crippen molar-refractivity contribution in [3.8, 4) is 5.75 Å². The van der Waals surface area contributed by atoms with Gasteiger partial charge in [-0.2, -0.15) is 0 Å². The van der Waals surface area contributed by atoms with Crippen LogP contribution in [0.15, 0.2) is 40.9 Å². The minimum Gasteiger partial charge on any atom is -0.484 e. The van der Waals surface area contributed by atoms with Crippen molar-refractivity contribution < 1.29 is 9.53 Å². The molecule has 0 spiro atoms. The summed E-state index contributed by atoms with van der Waals surface area (Å²) < 4.78 is 5.33. The first kappa shape index (κ1) is 19.8. The van der Waals surface area contributed by atoms with Crippen molar-refractivity contribution in [1.29, 1.82) is 0 Å². The molecule has 0 aliphatic heterocycles. The number of benzene rings is 1. The number of nitrogens with zero attached hydrogens (tertiary/aromatic N) is 1. The highest BCUT2D eigenvalue weighted by atomic mass is 16.5. The molecule has 1 aliphatic carbocycles. The van der Waals surface area contributed by atoms with Crippen LogP contribution in [0, 0.1) is 0 Å². The van der Waals surface area contributed by atoms with Gasteiger partial charge in [0.15, 0.2) is 12.6 Å². The van der Waals surface area contributed by atoms with Crippen LogP contribution in [0.2, 0.25) is 0 Å². The molecule has 6 nitrogen and oxygen atoms in total. The van der Waals surface area contributed by atoms with Gasteiger partial charge in [0, 0.05) is 13.1 Å². The summed E-state index contributed by atoms with van der Waals surface area (Å²) in [7, 11) is 0. The maximum atomic E-state index is 10.8. The molecule has 0 fully saturated rings. The topological polar surface area (TPSA) is 88.7 Å². The van der Waals surface area contributed by atoms with Gasteiger partial charge in [-0.15, -0.1) is 0 Å². The fourth-order valence-corrected chi connectivity index (χ4v) is 2.87. The predicted octanol–water partition coefficient (Wildman–Crippen LogP) is 2.50. The number of primary amides is 1. The first-order valence-corrected chi connectivity index (χ1v) is 9.37. The van der Waals surface area contributed by atoms with Crippen LogP contribution < -0.4 is 21.1 Å². The van der Waals surface area contributed by atoms with E-state index in [0.717, 1.165) is 31.0 Å². The second kappa shape index (κ2) is 11.2. The lowest BCUT2D eigenvalue weighted by atomic mass is 9.97. The smallest absolute Gasteiger partial charge is 0.255 e. The van der Waals surface area contributed by atoms with E-state index in [2.05, 4.69) is 28.6 Å². The molecule has 0 saturated carbocycles. The van der Waals surface area contributed by atoms with Crippen molar-refractivity contribution in [3.05, 3.63) is 41.5 Å². The van der Waals surface area contributed by atoms with Gasteiger partial charge >= 0.3 is 0 Å². The minimum atomic E-state index is -0.486. The minimum absolute atomic E-state index is 0.118. The summed E-state index contributed by atoms with van der Waals surface area (Å²) in [5.41, 5.74) is 7.67. The van der Waals surface area contributed by atoms with Gasteiger partial charge < -0.3 is 21.1 Å². The molecule has 6 heteroatoms. The quantitative estimate of drug-likeness (QED) is 0.359. The Bertz CT molecular complexity index is 640. The van der Waals surface area contributed by atoms with Crippen LogP contribution in [0.1, 0.15) is 44.6 Å². The molecule has 4 N–H and O–H groups in total. The number of nitrogens with one attached hydrogen (secondary N) is 2. The van der Waals surface area contributed by atoms with Gasteiger partial charge in [0.2, 0.25) is 0 Å². The number of guanidine groups is 1. The maximum Gasteiger partial charge on any atom is 0.255 e. The van der Waals surface area contributed by atoms with E-state index < -0.39 is 5.91 Å². The largest absolute Gasteiger partial charge is 0.484 e. The zero-order valence-electron chi connectivity index (χ0n) is 15.6. The van der Waals surface area contributed by atoms with Crippen LogP contribution in [0.5, 0.6) is 5.75 Å². The van der Waals surface area contributed by atoms with Crippen molar-refractivity contribution in [2.24, 2.45) is 10.7 Å². The highest BCUT2D eigenvalue weighted by molar-refractivity contribution is 5.79. The Morgan fingerprint density at radius 1 is 1.31 bits per heavy atom. The van der Waals surface area contributed by atoms with E-state index in [1.807, 2.05) is 18.2 Å². The number of allylic oxidation sites excluding steroid dienone is 1. The molecule has 142 valence electrons. The average Bonchev–Trinajstić information content (AvgIpc) is 2.65. The van der Waals surface area contributed by atoms with E-state index in [1.54, 1.807) is 11.6 Å². The van der Waals surface area contributed by atoms with Gasteiger partial charge in [0.1, 0.15) is 5.75 Å². The van der Waals surface area contributed by atoms with Gasteiger partial charge in [0.25, 0.3) is 5.91 Å². The Morgan fingerprint density at radius 3 is 2.92 bits per heavy atom. The third-order valence-corrected chi connectivity index (χ3v) is 4.17. The van der Waals surface area contributed by atoms with Crippen LogP contribution in [0.3, 0.4) is 0 Å². The summed E-state index contributed by atoms with van der Waals surface area (Å²) in [6, 6.07) is 7.55. The highest BCUT2D eigenvalue weighted by Gasteiger charge is 2.04. The maximum absolute atomic E-state index is 10.8. The molecule has 0 radical (unpaired) electrons. The zero-order valence-corrected chi connectivity index (χ0v) is 15.6. The van der Waals surface area contributed by atoms with Crippen LogP contribution in [-0.4, -0.2) is 31.6 Å². The van der Waals surface area contributed by atoms with Crippen LogP contribution in [0.4, 0.5) is 0 Å². The second-order valence-electron chi connectivity index (χ2n) is 6.38. The normalized spacial score (nSPS) is 14.5. The molecule has 26 heavy (non-hydrogen) atoms. The number of rotatable bonds is 9. The standard InChI is InChI=1S/C20H30N4O2/c1-2-22-20(23-12-11-16-7-4-3-5-8-16)24-14-17-9-6-10-18(13-17)26-15-19(21)25/h6-7,9-10,13H,2-5,8,11-12,14-15H2,1H3,(H2,21,25)(H2,22,23,24). The Balaban J connectivity index is 1.86. The molecule has 0 heterocycles. The third kappa shape index (κ3) is 7.59. The number of carbonyl (C=O) groups is 1. The van der Waals surface area contributed by atoms with Crippen LogP contribution in [-0.2, 0) is 11.3 Å². The molecule has 1 aromatic rings. The van der Waals surface area contributed by atoms with Crippen LogP contribution in [0.25, 0.3) is 0 Å². The number of ether oxygens (including phenoxy) is 1. The lowest BCUT2D eigenvalue weighted by Crippen LogP contribution is -2.37. The number of carbonyl (C=O) groups excluding carboxylic acids is 1. The van der Waals surface area contributed by atoms with Crippen molar-refractivity contribution >= 4 is 11.9 Å². The van der Waals surface area contributed by atoms with Gasteiger partial charge in [-0.05, 0) is 56.7 Å². The fourth-order valence-electron chi connectivity index (χ4n) is 2.87. The number of hydrogen-bond donors (Lipinski definition) is 3. The zero-order chi connectivity index (χ0) is 18.6. The van der Waals surface area contributed by atoms with Gasteiger partial charge in [0.05, 0.1) is 6.54 Å². The Kier molecular flexibility index (Phi) is 8.52. The molecule has 1 amide bonds. The number of nitrogens with two attached hydrogens (primary N) is 1. The van der Waals surface area contributed by atoms with E-state index in [-0.39, 0.29) is 6.61 Å². The number of hydrogen-bond acceptors (Lipinski definition) is 3. The predicted molar refractivity (Wildman–Crippen MR) is 105 cm³/mol. The fraction of sp³-hybridized carbons (Fsp3) is 0.500. The molecule has 1 aliphatic rings. The van der Waals surface area contributed by atoms with Crippen molar-refractivity contribution in [1.82, 2.24) is 10.6 Å².